The van der Waals surface area contributed by atoms with E-state index in [9.17, 15) is 14.4 Å². The van der Waals surface area contributed by atoms with Crippen LogP contribution in [-0.2, 0) is 23.8 Å². The van der Waals surface area contributed by atoms with E-state index in [1.54, 1.807) is 0 Å². The first-order valence-electron chi connectivity index (χ1n) is 25.7. The van der Waals surface area contributed by atoms with E-state index in [4.69, 9.17) is 14.2 Å². The lowest BCUT2D eigenvalue weighted by molar-refractivity contribution is -0.150. The molecule has 0 radical (unpaired) electrons. The van der Waals surface area contributed by atoms with Gasteiger partial charge in [-0.05, 0) is 90.1 Å². The Labute approximate surface area is 371 Å². The van der Waals surface area contributed by atoms with Crippen LogP contribution in [0.1, 0.15) is 240 Å². The van der Waals surface area contributed by atoms with Gasteiger partial charge in [0, 0.05) is 31.8 Å². The zero-order valence-electron chi connectivity index (χ0n) is 40.2. The first kappa shape index (κ1) is 57.6. The largest absolute Gasteiger partial charge is 0.465 e. The van der Waals surface area contributed by atoms with Gasteiger partial charge in [-0.1, -0.05) is 174 Å². The normalized spacial score (nSPS) is 12.2. The fourth-order valence-corrected chi connectivity index (χ4v) is 7.55. The smallest absolute Gasteiger partial charge is 0.407 e. The fourth-order valence-electron chi connectivity index (χ4n) is 7.55. The van der Waals surface area contributed by atoms with Gasteiger partial charge in [0.05, 0.1) is 13.2 Å². The number of unbranched alkanes of at least 4 members (excludes halogenated alkanes) is 21. The van der Waals surface area contributed by atoms with E-state index < -0.39 is 6.09 Å². The predicted octanol–water partition coefficient (Wildman–Crippen LogP) is 14.8. The van der Waals surface area contributed by atoms with Crippen LogP contribution >= 0.6 is 0 Å². The monoisotopic (exact) mass is 847 g/mol. The number of hydrogen-bond acceptors (Lipinski definition) is 7. The van der Waals surface area contributed by atoms with Crippen molar-refractivity contribution in [3.63, 3.8) is 0 Å². The Balaban J connectivity index is 4.59. The highest BCUT2D eigenvalue weighted by atomic mass is 16.6. The molecular weight excluding hydrogens is 749 g/mol. The number of amides is 1. The van der Waals surface area contributed by atoms with Crippen LogP contribution in [0.25, 0.3) is 0 Å². The van der Waals surface area contributed by atoms with E-state index in [0.29, 0.717) is 25.8 Å². The Morgan fingerprint density at radius 3 is 1.52 bits per heavy atom. The summed E-state index contributed by atoms with van der Waals surface area (Å²) >= 11 is 0. The fraction of sp³-hybridized carbons (Fsp3) is 0.865. The lowest BCUT2D eigenvalue weighted by Gasteiger charge is -2.19. The topological polar surface area (TPSA) is 94.2 Å². The molecule has 1 amide bonds. The molecule has 8 nitrogen and oxygen atoms in total. The molecule has 1 unspecified atom stereocenters. The summed E-state index contributed by atoms with van der Waals surface area (Å²) in [4.78, 5) is 40.2. The number of carbonyl (C=O) groups is 3. The van der Waals surface area contributed by atoms with Crippen LogP contribution < -0.4 is 5.32 Å². The number of rotatable bonds is 45. The average Bonchev–Trinajstić information content (AvgIpc) is 3.25. The van der Waals surface area contributed by atoms with Crippen LogP contribution in [0.5, 0.6) is 0 Å². The van der Waals surface area contributed by atoms with Crippen molar-refractivity contribution >= 4 is 18.0 Å². The van der Waals surface area contributed by atoms with Gasteiger partial charge in [-0.15, -0.1) is 0 Å². The maximum absolute atomic E-state index is 12.8. The van der Waals surface area contributed by atoms with Crippen molar-refractivity contribution in [3.05, 3.63) is 24.3 Å². The van der Waals surface area contributed by atoms with E-state index in [1.807, 2.05) is 0 Å². The summed E-state index contributed by atoms with van der Waals surface area (Å²) in [6.07, 6.45) is 43.9. The van der Waals surface area contributed by atoms with Crippen LogP contribution in [-0.4, -0.2) is 68.4 Å². The van der Waals surface area contributed by atoms with Crippen molar-refractivity contribution in [2.24, 2.45) is 5.92 Å². The second-order valence-corrected chi connectivity index (χ2v) is 17.3. The zero-order chi connectivity index (χ0) is 44.0. The summed E-state index contributed by atoms with van der Waals surface area (Å²) < 4.78 is 17.3. The molecule has 0 aromatic heterocycles. The Kier molecular flexibility index (Phi) is 44.4. The number of likely N-dealkylation sites (N-methyl/N-ethyl adjacent to an activating group) is 1. The van der Waals surface area contributed by atoms with Crippen LogP contribution in [0, 0.1) is 5.92 Å². The molecule has 0 saturated carbocycles. The number of allylic oxidation sites excluding steroid dienone is 4. The molecule has 352 valence electrons. The molecule has 0 fully saturated rings. The SMILES string of the molecule is CCCCC/C=C\C/C=C\CCCCCCCCC(COC(=O)CCCCCC(=O)OC(CCCCCCCC)CCCCCCCC)COC(=O)NCCN(CC)CC. The number of alkyl carbamates (subject to hydrolysis) is 1. The number of ether oxygens (including phenoxy) is 3. The lowest BCUT2D eigenvalue weighted by Crippen LogP contribution is -2.35. The van der Waals surface area contributed by atoms with Gasteiger partial charge >= 0.3 is 18.0 Å². The third-order valence-corrected chi connectivity index (χ3v) is 11.7. The quantitative estimate of drug-likeness (QED) is 0.0282. The van der Waals surface area contributed by atoms with Crippen molar-refractivity contribution in [3.8, 4) is 0 Å². The minimum Gasteiger partial charge on any atom is -0.465 e. The van der Waals surface area contributed by atoms with Gasteiger partial charge in [-0.25, -0.2) is 4.79 Å². The van der Waals surface area contributed by atoms with Crippen LogP contribution in [0.2, 0.25) is 0 Å². The van der Waals surface area contributed by atoms with Crippen molar-refractivity contribution in [1.29, 1.82) is 0 Å². The molecule has 0 saturated heterocycles. The van der Waals surface area contributed by atoms with Crippen molar-refractivity contribution in [2.75, 3.05) is 39.4 Å². The first-order valence-corrected chi connectivity index (χ1v) is 25.7. The molecule has 0 spiro atoms. The predicted molar refractivity (Wildman–Crippen MR) is 255 cm³/mol. The van der Waals surface area contributed by atoms with Gasteiger partial charge in [0.1, 0.15) is 6.10 Å². The number of nitrogens with one attached hydrogen (secondary N) is 1. The van der Waals surface area contributed by atoms with Crippen LogP contribution in [0.4, 0.5) is 4.79 Å². The maximum atomic E-state index is 12.8. The Bertz CT molecular complexity index is 996. The summed E-state index contributed by atoms with van der Waals surface area (Å²) in [5.41, 5.74) is 0. The van der Waals surface area contributed by atoms with Gasteiger partial charge in [0.2, 0.25) is 0 Å². The van der Waals surface area contributed by atoms with Crippen LogP contribution in [0.3, 0.4) is 0 Å². The van der Waals surface area contributed by atoms with E-state index >= 15 is 0 Å². The first-order chi connectivity index (χ1) is 29.4. The second-order valence-electron chi connectivity index (χ2n) is 17.3. The summed E-state index contributed by atoms with van der Waals surface area (Å²) in [6, 6.07) is 0. The molecule has 0 heterocycles. The second kappa shape index (κ2) is 46.2. The van der Waals surface area contributed by atoms with Crippen molar-refractivity contribution in [1.82, 2.24) is 10.2 Å². The van der Waals surface area contributed by atoms with Crippen molar-refractivity contribution < 1.29 is 28.6 Å². The molecule has 0 rings (SSSR count). The summed E-state index contributed by atoms with van der Waals surface area (Å²) in [5, 5.41) is 2.87. The highest BCUT2D eigenvalue weighted by Crippen LogP contribution is 2.19. The van der Waals surface area contributed by atoms with E-state index in [-0.39, 0.29) is 37.2 Å². The molecule has 1 N–H and O–H groups in total. The summed E-state index contributed by atoms with van der Waals surface area (Å²) in [7, 11) is 0. The van der Waals surface area contributed by atoms with Gasteiger partial charge < -0.3 is 24.4 Å². The molecule has 60 heavy (non-hydrogen) atoms. The molecule has 0 aromatic rings. The zero-order valence-corrected chi connectivity index (χ0v) is 40.2. The van der Waals surface area contributed by atoms with Gasteiger partial charge in [-0.2, -0.15) is 0 Å². The average molecular weight is 847 g/mol. The van der Waals surface area contributed by atoms with E-state index in [1.165, 1.54) is 116 Å². The van der Waals surface area contributed by atoms with Gasteiger partial charge in [0.15, 0.2) is 0 Å². The standard InChI is InChI=1S/C52H98N2O6/c1-6-11-14-17-20-21-22-23-24-25-26-27-28-29-30-34-39-48(47-59-52(57)53-44-45-54(9-4)10-5)46-58-50(55)42-37-33-38-43-51(56)60-49(40-35-31-18-15-12-7-2)41-36-32-19-16-13-8-3/h20-21,23-24,48-49H,6-19,22,25-47H2,1-5H3,(H,53,57)/b21-20-,24-23-. The molecular formula is C52H98N2O6. The number of hydrogen-bond donors (Lipinski definition) is 1. The molecule has 1 atom stereocenters. The Morgan fingerprint density at radius 1 is 0.500 bits per heavy atom. The highest BCUT2D eigenvalue weighted by molar-refractivity contribution is 5.70. The Morgan fingerprint density at radius 2 is 0.950 bits per heavy atom. The van der Waals surface area contributed by atoms with Gasteiger partial charge in [0.25, 0.3) is 0 Å². The van der Waals surface area contributed by atoms with E-state index in [2.05, 4.69) is 69.1 Å². The molecule has 0 aliphatic carbocycles. The third-order valence-electron chi connectivity index (χ3n) is 11.7. The minimum atomic E-state index is -0.412. The summed E-state index contributed by atoms with van der Waals surface area (Å²) in [5.74, 6) is -0.339. The molecule has 0 aliphatic rings. The van der Waals surface area contributed by atoms with Gasteiger partial charge in [-0.3, -0.25) is 9.59 Å². The molecule has 0 aliphatic heterocycles. The Hall–Kier alpha value is -2.35. The minimum absolute atomic E-state index is 0.0243. The lowest BCUT2D eigenvalue weighted by atomic mass is 10.0. The molecule has 8 heteroatoms. The number of nitrogens with zero attached hydrogens (tertiary/aromatic N) is 1. The number of esters is 2. The number of carbonyl (C=O) groups excluding carboxylic acids is 3. The maximum Gasteiger partial charge on any atom is 0.407 e. The molecule has 0 bridgehead atoms. The highest BCUT2D eigenvalue weighted by Gasteiger charge is 2.17. The van der Waals surface area contributed by atoms with Crippen LogP contribution in [0.15, 0.2) is 24.3 Å². The third kappa shape index (κ3) is 41.0. The van der Waals surface area contributed by atoms with Crippen molar-refractivity contribution in [2.45, 2.75) is 246 Å². The molecule has 0 aromatic carbocycles. The van der Waals surface area contributed by atoms with E-state index in [0.717, 1.165) is 90.3 Å². The summed E-state index contributed by atoms with van der Waals surface area (Å²) in [6.45, 7) is 14.7.